The molecule has 51 heavy (non-hydrogen) atoms. The minimum absolute atomic E-state index is 0.236. The Morgan fingerprint density at radius 1 is 1.02 bits per heavy atom. The number of nitrogens with two attached hydrogens (primary N) is 1. The summed E-state index contributed by atoms with van der Waals surface area (Å²) in [6.07, 6.45) is 13.7. The van der Waals surface area contributed by atoms with Crippen molar-refractivity contribution in [2.45, 2.75) is 92.9 Å². The third-order valence-electron chi connectivity index (χ3n) is 8.38. The number of carboxylic acids is 1. The van der Waals surface area contributed by atoms with Crippen molar-refractivity contribution < 1.29 is 24.2 Å². The van der Waals surface area contributed by atoms with Gasteiger partial charge in [0.05, 0.1) is 31.9 Å². The van der Waals surface area contributed by atoms with E-state index in [4.69, 9.17) is 14.6 Å². The molecule has 1 unspecified atom stereocenters. The topological polar surface area (TPSA) is 105 Å². The lowest BCUT2D eigenvalue weighted by atomic mass is 9.98. The molecule has 2 aromatic rings. The number of anilines is 1. The third-order valence-corrected chi connectivity index (χ3v) is 9.01. The predicted octanol–water partition coefficient (Wildman–Crippen LogP) is 8.75. The Labute approximate surface area is 316 Å². The number of carbonyl (C=O) groups is 2. The van der Waals surface area contributed by atoms with Gasteiger partial charge in [0.2, 0.25) is 0 Å². The van der Waals surface area contributed by atoms with Crippen LogP contribution in [0.2, 0.25) is 0 Å². The van der Waals surface area contributed by atoms with Crippen LogP contribution in [0.3, 0.4) is 0 Å². The van der Waals surface area contributed by atoms with Gasteiger partial charge in [0.15, 0.2) is 0 Å². The molecule has 0 bridgehead atoms. The van der Waals surface area contributed by atoms with E-state index in [0.29, 0.717) is 23.9 Å². The van der Waals surface area contributed by atoms with E-state index >= 15 is 0 Å². The van der Waals surface area contributed by atoms with Crippen molar-refractivity contribution in [1.82, 2.24) is 4.90 Å². The van der Waals surface area contributed by atoms with Crippen molar-refractivity contribution in [2.75, 3.05) is 70.2 Å². The summed E-state index contributed by atoms with van der Waals surface area (Å²) in [5, 5.41) is 8.39. The largest absolute Gasteiger partial charge is 0.491 e. The zero-order valence-corrected chi connectivity index (χ0v) is 33.8. The van der Waals surface area contributed by atoms with Crippen LogP contribution < -0.4 is 15.4 Å². The maximum Gasteiger partial charge on any atom is 0.304 e. The Morgan fingerprint density at radius 3 is 2.39 bits per heavy atom. The van der Waals surface area contributed by atoms with Crippen LogP contribution in [0.1, 0.15) is 101 Å². The van der Waals surface area contributed by atoms with Crippen LogP contribution >= 0.6 is 12.6 Å². The highest BCUT2D eigenvalue weighted by atomic mass is 32.1. The van der Waals surface area contributed by atoms with Crippen molar-refractivity contribution in [3.8, 4) is 5.75 Å². The second kappa shape index (κ2) is 31.9. The zero-order chi connectivity index (χ0) is 38.3. The SMILES string of the molecule is CC.CC.CN.Cc1cccc(CCCC2COc3ccc(C=O)cc3N(CCCC/C=C/C[C@H](C)CS)C2)c1.O=C(O)CCN1CCOCC1. The zero-order valence-electron chi connectivity index (χ0n) is 32.9. The monoisotopic (exact) mass is 730 g/mol. The first-order valence-electron chi connectivity index (χ1n) is 19.3. The van der Waals surface area contributed by atoms with Gasteiger partial charge in [-0.2, -0.15) is 12.6 Å². The first-order chi connectivity index (χ1) is 24.9. The van der Waals surface area contributed by atoms with E-state index in [9.17, 15) is 9.59 Å². The molecule has 0 aromatic heterocycles. The lowest BCUT2D eigenvalue weighted by Gasteiger charge is -2.26. The highest BCUT2D eigenvalue weighted by Crippen LogP contribution is 2.34. The van der Waals surface area contributed by atoms with Gasteiger partial charge in [-0.05, 0) is 94.4 Å². The molecular formula is C42H71N3O5S. The van der Waals surface area contributed by atoms with Gasteiger partial charge in [0, 0.05) is 44.2 Å². The van der Waals surface area contributed by atoms with E-state index in [0.717, 1.165) is 108 Å². The number of aryl methyl sites for hydroxylation is 2. The number of morpholine rings is 1. The lowest BCUT2D eigenvalue weighted by Crippen LogP contribution is -2.37. The molecule has 9 heteroatoms. The van der Waals surface area contributed by atoms with Gasteiger partial charge in [-0.25, -0.2) is 0 Å². The van der Waals surface area contributed by atoms with Crippen molar-refractivity contribution >= 4 is 30.6 Å². The summed E-state index contributed by atoms with van der Waals surface area (Å²) in [7, 11) is 1.50. The quantitative estimate of drug-likeness (QED) is 0.0682. The van der Waals surface area contributed by atoms with Gasteiger partial charge in [-0.3, -0.25) is 14.5 Å². The van der Waals surface area contributed by atoms with E-state index < -0.39 is 5.97 Å². The number of hydrogen-bond donors (Lipinski definition) is 3. The predicted molar refractivity (Wildman–Crippen MR) is 220 cm³/mol. The number of aldehydes is 1. The summed E-state index contributed by atoms with van der Waals surface area (Å²) >= 11 is 4.36. The Kier molecular flexibility index (Phi) is 30.1. The van der Waals surface area contributed by atoms with E-state index in [1.54, 1.807) is 0 Å². The highest BCUT2D eigenvalue weighted by molar-refractivity contribution is 7.80. The Morgan fingerprint density at radius 2 is 1.75 bits per heavy atom. The maximum atomic E-state index is 11.4. The molecule has 0 saturated carbocycles. The standard InChI is InChI=1S/C30H41NO2S.C7H13NO3.2C2H6.CH5N/c1-24-11-8-12-26(18-24)13-9-14-28-20-31(17-7-5-3-4-6-10-25(2)23-34)29-19-27(21-32)15-16-30(29)33-22-28;9-7(10)1-2-8-3-5-11-6-4-8;3*1-2/h4,6,8,11-12,15-16,18-19,21,25,28,34H,3,5,7,9-10,13-14,17,20,22-23H2,1-2H3;1-6H2,(H,9,10);2*1-2H3;2H2,1H3/b6-4+;;;;/t25-,28?;;;;/m0..../s1. The summed E-state index contributed by atoms with van der Waals surface area (Å²) in [6, 6.07) is 14.7. The highest BCUT2D eigenvalue weighted by Gasteiger charge is 2.23. The molecule has 1 fully saturated rings. The molecule has 8 nitrogen and oxygen atoms in total. The van der Waals surface area contributed by atoms with Crippen molar-refractivity contribution in [3.05, 3.63) is 71.3 Å². The number of thiol groups is 1. The number of unbranched alkanes of at least 4 members (excludes halogenated alkanes) is 2. The van der Waals surface area contributed by atoms with Crippen molar-refractivity contribution in [1.29, 1.82) is 0 Å². The number of allylic oxidation sites excluding steroid dienone is 2. The Bertz CT molecular complexity index is 1190. The van der Waals surface area contributed by atoms with Crippen molar-refractivity contribution in [2.24, 2.45) is 17.6 Å². The number of aliphatic carboxylic acids is 1. The second-order valence-electron chi connectivity index (χ2n) is 12.4. The van der Waals surface area contributed by atoms with Gasteiger partial charge in [-0.1, -0.05) is 76.6 Å². The number of rotatable bonds is 16. The van der Waals surface area contributed by atoms with Gasteiger partial charge in [-0.15, -0.1) is 0 Å². The van der Waals surface area contributed by atoms with Crippen LogP contribution in [-0.4, -0.2) is 87.6 Å². The summed E-state index contributed by atoms with van der Waals surface area (Å²) in [4.78, 5) is 26.2. The number of hydrogen-bond acceptors (Lipinski definition) is 8. The van der Waals surface area contributed by atoms with Gasteiger partial charge in [0.25, 0.3) is 0 Å². The van der Waals surface area contributed by atoms with E-state index in [-0.39, 0.29) is 6.42 Å². The molecule has 0 amide bonds. The molecule has 2 atom stereocenters. The number of nitrogens with zero attached hydrogens (tertiary/aromatic N) is 2. The van der Waals surface area contributed by atoms with Crippen LogP contribution in [-0.2, 0) is 16.0 Å². The van der Waals surface area contributed by atoms with E-state index in [2.05, 4.69) is 78.4 Å². The molecule has 2 aliphatic rings. The van der Waals surface area contributed by atoms with Gasteiger partial charge < -0.3 is 25.2 Å². The maximum absolute atomic E-state index is 11.4. The van der Waals surface area contributed by atoms with E-state index in [1.807, 2.05) is 45.9 Å². The fraction of sp³-hybridized carbons (Fsp3) is 0.619. The molecule has 0 spiro atoms. The summed E-state index contributed by atoms with van der Waals surface area (Å²) < 4.78 is 11.3. The average Bonchev–Trinajstić information content (AvgIpc) is 3.35. The molecular weight excluding hydrogens is 659 g/mol. The normalized spacial score (nSPS) is 15.8. The van der Waals surface area contributed by atoms with Crippen LogP contribution in [0.4, 0.5) is 5.69 Å². The Hall–Kier alpha value is -2.85. The molecule has 2 aliphatic heterocycles. The third kappa shape index (κ3) is 22.0. The number of fused-ring (bicyclic) bond motifs is 1. The second-order valence-corrected chi connectivity index (χ2v) is 12.8. The Balaban J connectivity index is 0.00000123. The first kappa shape index (κ1) is 48.1. The first-order valence-corrected chi connectivity index (χ1v) is 19.9. The van der Waals surface area contributed by atoms with Crippen LogP contribution in [0.25, 0.3) is 0 Å². The average molecular weight is 730 g/mol. The van der Waals surface area contributed by atoms with Gasteiger partial charge >= 0.3 is 5.97 Å². The number of carboxylic acid groups (broad SMARTS) is 1. The summed E-state index contributed by atoms with van der Waals surface area (Å²) in [6.45, 7) is 19.0. The minimum Gasteiger partial charge on any atom is -0.491 e. The summed E-state index contributed by atoms with van der Waals surface area (Å²) in [5.41, 5.74) is 9.03. The fourth-order valence-electron chi connectivity index (χ4n) is 5.66. The van der Waals surface area contributed by atoms with Crippen LogP contribution in [0.15, 0.2) is 54.6 Å². The van der Waals surface area contributed by atoms with E-state index in [1.165, 1.54) is 24.6 Å². The molecule has 0 radical (unpaired) electrons. The number of ether oxygens (including phenoxy) is 2. The number of benzene rings is 2. The van der Waals surface area contributed by atoms with Gasteiger partial charge in [0.1, 0.15) is 12.0 Å². The van der Waals surface area contributed by atoms with Crippen molar-refractivity contribution in [3.63, 3.8) is 0 Å². The fourth-order valence-corrected chi connectivity index (χ4v) is 5.81. The van der Waals surface area contributed by atoms with Crippen LogP contribution in [0, 0.1) is 18.8 Å². The molecule has 290 valence electrons. The number of carbonyl (C=O) groups excluding carboxylic acids is 1. The smallest absolute Gasteiger partial charge is 0.304 e. The molecule has 0 aliphatic carbocycles. The van der Waals surface area contributed by atoms with Crippen LogP contribution in [0.5, 0.6) is 5.75 Å². The molecule has 2 heterocycles. The summed E-state index contributed by atoms with van der Waals surface area (Å²) in [5.74, 6) is 2.25. The lowest BCUT2D eigenvalue weighted by molar-refractivity contribution is -0.137. The minimum atomic E-state index is -0.725. The molecule has 1 saturated heterocycles. The molecule has 4 rings (SSSR count). The molecule has 3 N–H and O–H groups in total. The molecule has 2 aromatic carbocycles.